The van der Waals surface area contributed by atoms with Crippen molar-refractivity contribution in [3.63, 3.8) is 0 Å². The van der Waals surface area contributed by atoms with Crippen molar-refractivity contribution >= 4 is 29.6 Å². The summed E-state index contributed by atoms with van der Waals surface area (Å²) in [5, 5.41) is -0.237. The van der Waals surface area contributed by atoms with Gasteiger partial charge in [-0.3, -0.25) is 14.5 Å². The van der Waals surface area contributed by atoms with Crippen molar-refractivity contribution in [1.29, 1.82) is 0 Å². The smallest absolute Gasteiger partial charge is 0.355 e. The summed E-state index contributed by atoms with van der Waals surface area (Å²) in [5.74, 6) is -0.841. The fourth-order valence-electron chi connectivity index (χ4n) is 3.13. The topological polar surface area (TPSA) is 98.9 Å². The molecule has 1 saturated heterocycles. The molecule has 132 valence electrons. The van der Waals surface area contributed by atoms with Gasteiger partial charge in [-0.25, -0.2) is 4.79 Å². The van der Waals surface area contributed by atoms with Crippen molar-refractivity contribution in [2.45, 2.75) is 44.2 Å². The van der Waals surface area contributed by atoms with Crippen LogP contribution in [0.4, 0.5) is 0 Å². The van der Waals surface area contributed by atoms with Gasteiger partial charge in [-0.15, -0.1) is 11.8 Å². The lowest BCUT2D eigenvalue weighted by atomic mass is 10.0. The van der Waals surface area contributed by atoms with Gasteiger partial charge < -0.3 is 15.2 Å². The second-order valence-electron chi connectivity index (χ2n) is 7.28. The molecule has 1 saturated carbocycles. The Morgan fingerprint density at radius 2 is 2.00 bits per heavy atom. The van der Waals surface area contributed by atoms with Crippen molar-refractivity contribution < 1.29 is 23.9 Å². The summed E-state index contributed by atoms with van der Waals surface area (Å²) in [5.41, 5.74) is 6.24. The average molecular weight is 354 g/mol. The second kappa shape index (κ2) is 5.77. The Morgan fingerprint density at radius 1 is 1.33 bits per heavy atom. The molecule has 0 spiro atoms. The Labute approximate surface area is 144 Å². The van der Waals surface area contributed by atoms with Crippen LogP contribution in [-0.2, 0) is 23.9 Å². The van der Waals surface area contributed by atoms with Gasteiger partial charge >= 0.3 is 11.9 Å². The number of thioether (sulfide) groups is 1. The van der Waals surface area contributed by atoms with Gasteiger partial charge in [0.25, 0.3) is 0 Å². The van der Waals surface area contributed by atoms with Crippen LogP contribution < -0.4 is 5.73 Å². The molecule has 1 amide bonds. The fraction of sp³-hybridized carbons (Fsp3) is 0.688. The van der Waals surface area contributed by atoms with E-state index in [0.717, 1.165) is 5.57 Å². The zero-order valence-corrected chi connectivity index (χ0v) is 15.0. The lowest BCUT2D eigenvalue weighted by molar-refractivity contribution is -0.158. The zero-order valence-electron chi connectivity index (χ0n) is 14.2. The van der Waals surface area contributed by atoms with E-state index >= 15 is 0 Å². The molecule has 0 aromatic heterocycles. The molecule has 2 aliphatic heterocycles. The van der Waals surface area contributed by atoms with E-state index in [2.05, 4.69) is 0 Å². The first-order valence-corrected chi connectivity index (χ1v) is 8.95. The highest BCUT2D eigenvalue weighted by Gasteiger charge is 2.56. The molecule has 0 aromatic rings. The van der Waals surface area contributed by atoms with E-state index in [0.29, 0.717) is 12.2 Å². The third-order valence-electron chi connectivity index (χ3n) is 4.37. The number of carbonyl (C=O) groups excluding carboxylic acids is 3. The van der Waals surface area contributed by atoms with Gasteiger partial charge in [-0.05, 0) is 38.7 Å². The number of hydrogen-bond donors (Lipinski definition) is 1. The first kappa shape index (κ1) is 17.3. The lowest BCUT2D eigenvalue weighted by Gasteiger charge is -2.48. The van der Waals surface area contributed by atoms with Gasteiger partial charge in [-0.1, -0.05) is 0 Å². The number of nitrogens with zero attached hydrogens (tertiary/aromatic N) is 1. The van der Waals surface area contributed by atoms with E-state index in [1.807, 2.05) is 0 Å². The van der Waals surface area contributed by atoms with Crippen LogP contribution in [0.15, 0.2) is 11.3 Å². The molecule has 2 N–H and O–H groups in total. The normalized spacial score (nSPS) is 32.0. The quantitative estimate of drug-likeness (QED) is 0.586. The number of rotatable bonds is 3. The lowest BCUT2D eigenvalue weighted by Crippen LogP contribution is -2.68. The Balaban J connectivity index is 1.93. The Hall–Kier alpha value is -1.54. The molecular weight excluding hydrogens is 332 g/mol. The fourth-order valence-corrected chi connectivity index (χ4v) is 4.51. The first-order valence-electron chi connectivity index (χ1n) is 7.90. The molecule has 0 radical (unpaired) electrons. The zero-order chi connectivity index (χ0) is 17.8. The number of hydrogen-bond acceptors (Lipinski definition) is 7. The molecule has 4 atom stereocenters. The Bertz CT molecular complexity index is 639. The maximum absolute atomic E-state index is 12.7. The molecular formula is C16H22N2O5S. The maximum Gasteiger partial charge on any atom is 0.355 e. The van der Waals surface area contributed by atoms with Crippen LogP contribution in [0.25, 0.3) is 0 Å². The highest BCUT2D eigenvalue weighted by atomic mass is 32.2. The highest BCUT2D eigenvalue weighted by molar-refractivity contribution is 8.00. The number of ether oxygens (including phenoxy) is 2. The first-order chi connectivity index (χ1) is 11.2. The summed E-state index contributed by atoms with van der Waals surface area (Å²) in [6.45, 7) is 5.33. The van der Waals surface area contributed by atoms with Crippen LogP contribution >= 0.6 is 11.8 Å². The average Bonchev–Trinajstić information content (AvgIpc) is 3.30. The summed E-state index contributed by atoms with van der Waals surface area (Å²) in [7, 11) is 1.35. The predicted molar refractivity (Wildman–Crippen MR) is 87.6 cm³/mol. The Kier molecular flexibility index (Phi) is 4.16. The molecule has 7 nitrogen and oxygen atoms in total. The second-order valence-corrected chi connectivity index (χ2v) is 8.39. The number of β-lactam (4-membered cyclic amide) rings is 1. The molecule has 8 heteroatoms. The minimum Gasteiger partial charge on any atom is -0.469 e. The van der Waals surface area contributed by atoms with Crippen molar-refractivity contribution in [3.8, 4) is 0 Å². The minimum absolute atomic E-state index is 0.0713. The van der Waals surface area contributed by atoms with Gasteiger partial charge in [0, 0.05) is 5.75 Å². The number of methoxy groups -OCH3 is 1. The number of amides is 1. The third kappa shape index (κ3) is 2.82. The molecule has 2 unspecified atom stereocenters. The predicted octanol–water partition coefficient (Wildman–Crippen LogP) is 0.634. The van der Waals surface area contributed by atoms with Gasteiger partial charge in [0.1, 0.15) is 22.7 Å². The van der Waals surface area contributed by atoms with Crippen molar-refractivity contribution in [3.05, 3.63) is 11.3 Å². The number of esters is 2. The molecule has 2 fully saturated rings. The monoisotopic (exact) mass is 354 g/mol. The van der Waals surface area contributed by atoms with Crippen molar-refractivity contribution in [2.75, 3.05) is 12.9 Å². The van der Waals surface area contributed by atoms with Crippen molar-refractivity contribution in [2.24, 2.45) is 17.6 Å². The van der Waals surface area contributed by atoms with Crippen LogP contribution in [0.5, 0.6) is 0 Å². The van der Waals surface area contributed by atoms with Crippen LogP contribution in [0.1, 0.15) is 27.2 Å². The number of nitrogens with two attached hydrogens (primary N) is 1. The molecule has 2 heterocycles. The van der Waals surface area contributed by atoms with Crippen molar-refractivity contribution in [1.82, 2.24) is 4.90 Å². The molecule has 0 aromatic carbocycles. The van der Waals surface area contributed by atoms with Crippen LogP contribution in [0.3, 0.4) is 0 Å². The van der Waals surface area contributed by atoms with Gasteiger partial charge in [0.15, 0.2) is 0 Å². The summed E-state index contributed by atoms with van der Waals surface area (Å²) in [6, 6.07) is -0.593. The Morgan fingerprint density at radius 3 is 2.58 bits per heavy atom. The molecule has 24 heavy (non-hydrogen) atoms. The number of carbonyl (C=O) groups is 3. The molecule has 3 aliphatic rings. The number of fused-ring (bicyclic) bond motifs is 1. The highest BCUT2D eigenvalue weighted by Crippen LogP contribution is 2.51. The van der Waals surface area contributed by atoms with E-state index in [1.165, 1.54) is 23.8 Å². The third-order valence-corrected chi connectivity index (χ3v) is 5.70. The molecule has 1 aliphatic carbocycles. The van der Waals surface area contributed by atoms with Crippen LogP contribution in [-0.4, -0.2) is 52.6 Å². The largest absolute Gasteiger partial charge is 0.469 e. The van der Waals surface area contributed by atoms with E-state index in [4.69, 9.17) is 15.2 Å². The maximum atomic E-state index is 12.7. The summed E-state index contributed by atoms with van der Waals surface area (Å²) in [6.07, 6.45) is 0.633. The standard InChI is InChI=1S/C16H22N2O5S/c1-16(2,3)23-15(21)11-9(7-5-8(7)14(20)22-4)6-24-13-10(17)12(19)18(11)13/h7-8,10,13H,5-6,17H2,1-4H3/t7?,8?,10-,13-/m1/s1. The van der Waals surface area contributed by atoms with Gasteiger partial charge in [0.05, 0.1) is 13.0 Å². The van der Waals surface area contributed by atoms with E-state index in [-0.39, 0.29) is 34.8 Å². The SMILES string of the molecule is COC(=O)C1CC1C1=C(C(=O)OC(C)(C)C)N2C(=O)[C@@H](N)[C@H]2SC1. The van der Waals surface area contributed by atoms with Crippen LogP contribution in [0.2, 0.25) is 0 Å². The summed E-state index contributed by atoms with van der Waals surface area (Å²) >= 11 is 1.52. The van der Waals surface area contributed by atoms with E-state index in [1.54, 1.807) is 20.8 Å². The summed E-state index contributed by atoms with van der Waals surface area (Å²) in [4.78, 5) is 38.1. The molecule has 0 bridgehead atoms. The minimum atomic E-state index is -0.670. The van der Waals surface area contributed by atoms with E-state index < -0.39 is 17.6 Å². The summed E-state index contributed by atoms with van der Waals surface area (Å²) < 4.78 is 10.3. The van der Waals surface area contributed by atoms with Crippen LogP contribution in [0, 0.1) is 11.8 Å². The van der Waals surface area contributed by atoms with Gasteiger partial charge in [-0.2, -0.15) is 0 Å². The van der Waals surface area contributed by atoms with Gasteiger partial charge in [0.2, 0.25) is 5.91 Å². The molecule has 3 rings (SSSR count). The van der Waals surface area contributed by atoms with E-state index in [9.17, 15) is 14.4 Å².